The fourth-order valence-corrected chi connectivity index (χ4v) is 1.63. The molecule has 1 rings (SSSR count). The lowest BCUT2D eigenvalue weighted by Gasteiger charge is -2.21. The fraction of sp³-hybridized carbons (Fsp3) is 0.412. The van der Waals surface area contributed by atoms with Crippen LogP contribution in [0.2, 0.25) is 0 Å². The molecule has 0 radical (unpaired) electrons. The molecule has 1 aromatic rings. The Morgan fingerprint density at radius 2 is 1.88 bits per heavy atom. The van der Waals surface area contributed by atoms with E-state index in [9.17, 15) is 9.59 Å². The van der Waals surface area contributed by atoms with Gasteiger partial charge in [-0.1, -0.05) is 30.3 Å². The van der Waals surface area contributed by atoms with Gasteiger partial charge >= 0.3 is 12.1 Å². The molecule has 0 fully saturated rings. The minimum atomic E-state index is -0.988. The average molecular weight is 336 g/mol. The smallest absolute Gasteiger partial charge is 0.408 e. The summed E-state index contributed by atoms with van der Waals surface area (Å²) in [6, 6.07) is 8.59. The molecule has 0 saturated heterocycles. The van der Waals surface area contributed by atoms with Gasteiger partial charge in [0.1, 0.15) is 11.6 Å². The van der Waals surface area contributed by atoms with Gasteiger partial charge in [0, 0.05) is 6.20 Å². The van der Waals surface area contributed by atoms with Crippen molar-refractivity contribution in [3.05, 3.63) is 48.2 Å². The van der Waals surface area contributed by atoms with Crippen molar-refractivity contribution in [2.45, 2.75) is 39.0 Å². The predicted octanol–water partition coefficient (Wildman–Crippen LogP) is 2.29. The molecule has 0 aromatic heterocycles. The van der Waals surface area contributed by atoms with Crippen LogP contribution in [0.15, 0.2) is 42.6 Å². The summed E-state index contributed by atoms with van der Waals surface area (Å²) in [4.78, 5) is 28.7. The zero-order valence-corrected chi connectivity index (χ0v) is 14.4. The van der Waals surface area contributed by atoms with Crippen LogP contribution in [0.4, 0.5) is 4.79 Å². The molecule has 0 bridgehead atoms. The SMILES string of the molecule is COC(=O)[C@H](C=CNOCc1ccccc1)NC(=O)OC(C)(C)C. The van der Waals surface area contributed by atoms with E-state index >= 15 is 0 Å². The number of carbonyl (C=O) groups excluding carboxylic acids is 2. The fourth-order valence-electron chi connectivity index (χ4n) is 1.63. The van der Waals surface area contributed by atoms with Gasteiger partial charge in [-0.15, -0.1) is 0 Å². The van der Waals surface area contributed by atoms with Crippen LogP contribution in [0.25, 0.3) is 0 Å². The maximum Gasteiger partial charge on any atom is 0.408 e. The maximum atomic E-state index is 11.7. The minimum Gasteiger partial charge on any atom is -0.467 e. The largest absolute Gasteiger partial charge is 0.467 e. The van der Waals surface area contributed by atoms with Crippen molar-refractivity contribution in [1.82, 2.24) is 10.8 Å². The standard InChI is InChI=1S/C17H24N2O5/c1-17(2,3)24-16(21)19-14(15(20)22-4)10-11-18-23-12-13-8-6-5-7-9-13/h5-11,14,18H,12H2,1-4H3,(H,19,21)/t14-/m0/s1. The van der Waals surface area contributed by atoms with Crippen molar-refractivity contribution in [2.24, 2.45) is 0 Å². The van der Waals surface area contributed by atoms with E-state index in [1.54, 1.807) is 20.8 Å². The number of nitrogens with one attached hydrogen (secondary N) is 2. The van der Waals surface area contributed by atoms with Gasteiger partial charge in [0.25, 0.3) is 0 Å². The molecule has 0 heterocycles. The number of hydroxylamine groups is 1. The molecule has 0 unspecified atom stereocenters. The molecule has 0 aliphatic carbocycles. The lowest BCUT2D eigenvalue weighted by atomic mass is 10.2. The Kier molecular flexibility index (Phi) is 7.77. The van der Waals surface area contributed by atoms with E-state index in [0.29, 0.717) is 6.61 Å². The molecule has 7 heteroatoms. The van der Waals surface area contributed by atoms with E-state index in [4.69, 9.17) is 9.57 Å². The molecule has 0 aliphatic rings. The first-order chi connectivity index (χ1) is 11.3. The predicted molar refractivity (Wildman–Crippen MR) is 88.7 cm³/mol. The molecule has 24 heavy (non-hydrogen) atoms. The van der Waals surface area contributed by atoms with Gasteiger partial charge in [0.15, 0.2) is 0 Å². The number of ether oxygens (including phenoxy) is 2. The van der Waals surface area contributed by atoms with Gasteiger partial charge in [0.2, 0.25) is 0 Å². The van der Waals surface area contributed by atoms with Crippen molar-refractivity contribution in [2.75, 3.05) is 7.11 Å². The first-order valence-electron chi connectivity index (χ1n) is 7.47. The van der Waals surface area contributed by atoms with Crippen molar-refractivity contribution >= 4 is 12.1 Å². The number of alkyl carbamates (subject to hydrolysis) is 1. The van der Waals surface area contributed by atoms with E-state index in [1.165, 1.54) is 19.4 Å². The van der Waals surface area contributed by atoms with Crippen molar-refractivity contribution in [3.63, 3.8) is 0 Å². The van der Waals surface area contributed by atoms with Crippen LogP contribution in [0.1, 0.15) is 26.3 Å². The summed E-state index contributed by atoms with van der Waals surface area (Å²) in [7, 11) is 1.24. The Hall–Kier alpha value is -2.54. The summed E-state index contributed by atoms with van der Waals surface area (Å²) in [5, 5.41) is 2.41. The van der Waals surface area contributed by atoms with E-state index in [2.05, 4.69) is 15.5 Å². The summed E-state index contributed by atoms with van der Waals surface area (Å²) < 4.78 is 9.75. The lowest BCUT2D eigenvalue weighted by molar-refractivity contribution is -0.141. The van der Waals surface area contributed by atoms with Gasteiger partial charge in [-0.2, -0.15) is 0 Å². The molecule has 7 nitrogen and oxygen atoms in total. The number of benzene rings is 1. The summed E-state index contributed by atoms with van der Waals surface area (Å²) >= 11 is 0. The van der Waals surface area contributed by atoms with Gasteiger partial charge in [0.05, 0.1) is 13.7 Å². The Balaban J connectivity index is 2.47. The van der Waals surface area contributed by atoms with Gasteiger partial charge in [-0.05, 0) is 32.4 Å². The normalized spacial score (nSPS) is 12.5. The number of carbonyl (C=O) groups is 2. The second kappa shape index (κ2) is 9.57. The van der Waals surface area contributed by atoms with Crippen LogP contribution in [0.5, 0.6) is 0 Å². The number of hydrogen-bond donors (Lipinski definition) is 2. The van der Waals surface area contributed by atoms with Crippen molar-refractivity contribution in [1.29, 1.82) is 0 Å². The molecule has 1 atom stereocenters. The van der Waals surface area contributed by atoms with E-state index < -0.39 is 23.7 Å². The highest BCUT2D eigenvalue weighted by Gasteiger charge is 2.22. The average Bonchev–Trinajstić information content (AvgIpc) is 2.52. The molecular formula is C17H24N2O5. The van der Waals surface area contributed by atoms with Gasteiger partial charge in [-0.25, -0.2) is 9.59 Å². The quantitative estimate of drug-likeness (QED) is 0.451. The Morgan fingerprint density at radius 1 is 1.21 bits per heavy atom. The Morgan fingerprint density at radius 3 is 2.46 bits per heavy atom. The summed E-state index contributed by atoms with van der Waals surface area (Å²) in [6.45, 7) is 5.55. The van der Waals surface area contributed by atoms with Crippen molar-refractivity contribution in [3.8, 4) is 0 Å². The molecule has 0 spiro atoms. The number of amides is 1. The zero-order chi connectivity index (χ0) is 18.0. The summed E-state index contributed by atoms with van der Waals surface area (Å²) in [5.74, 6) is -0.623. The highest BCUT2D eigenvalue weighted by atomic mass is 16.6. The third kappa shape index (κ3) is 8.19. The summed E-state index contributed by atoms with van der Waals surface area (Å²) in [5.41, 5.74) is 2.92. The highest BCUT2D eigenvalue weighted by molar-refractivity contribution is 5.83. The Bertz CT molecular complexity index is 552. The number of hydrogen-bond acceptors (Lipinski definition) is 6. The third-order valence-electron chi connectivity index (χ3n) is 2.65. The van der Waals surface area contributed by atoms with E-state index in [0.717, 1.165) is 5.56 Å². The molecule has 1 aromatic carbocycles. The van der Waals surface area contributed by atoms with Crippen LogP contribution in [-0.2, 0) is 25.7 Å². The molecular weight excluding hydrogens is 312 g/mol. The van der Waals surface area contributed by atoms with E-state index in [1.807, 2.05) is 30.3 Å². The second-order valence-electron chi connectivity index (χ2n) is 5.90. The van der Waals surface area contributed by atoms with Crippen molar-refractivity contribution < 1.29 is 23.9 Å². The molecule has 0 saturated carbocycles. The van der Waals surface area contributed by atoms with Crippen LogP contribution in [0.3, 0.4) is 0 Å². The first kappa shape index (κ1) is 19.5. The highest BCUT2D eigenvalue weighted by Crippen LogP contribution is 2.07. The van der Waals surface area contributed by atoms with Crippen LogP contribution in [0, 0.1) is 0 Å². The Labute approximate surface area is 141 Å². The zero-order valence-electron chi connectivity index (χ0n) is 14.4. The number of methoxy groups -OCH3 is 1. The van der Waals surface area contributed by atoms with Crippen LogP contribution >= 0.6 is 0 Å². The van der Waals surface area contributed by atoms with Crippen LogP contribution < -0.4 is 10.8 Å². The number of esters is 1. The molecule has 2 N–H and O–H groups in total. The van der Waals surface area contributed by atoms with Crippen LogP contribution in [-0.4, -0.2) is 30.8 Å². The maximum absolute atomic E-state index is 11.7. The molecule has 1 amide bonds. The van der Waals surface area contributed by atoms with E-state index in [-0.39, 0.29) is 0 Å². The number of rotatable bonds is 7. The lowest BCUT2D eigenvalue weighted by Crippen LogP contribution is -2.43. The molecule has 0 aliphatic heterocycles. The topological polar surface area (TPSA) is 85.9 Å². The van der Waals surface area contributed by atoms with Gasteiger partial charge < -0.3 is 14.8 Å². The minimum absolute atomic E-state index is 0.355. The second-order valence-corrected chi connectivity index (χ2v) is 5.90. The van der Waals surface area contributed by atoms with Gasteiger partial charge in [-0.3, -0.25) is 10.3 Å². The summed E-state index contributed by atoms with van der Waals surface area (Å²) in [6.07, 6.45) is 2.09. The third-order valence-corrected chi connectivity index (χ3v) is 2.65. The first-order valence-corrected chi connectivity index (χ1v) is 7.47. The molecule has 132 valence electrons. The monoisotopic (exact) mass is 336 g/mol.